The number of rotatable bonds is 1. The topological polar surface area (TPSA) is 26.3 Å². The summed E-state index contributed by atoms with van der Waals surface area (Å²) in [6.07, 6.45) is -2.83. The molecule has 0 fully saturated rings. The van der Waals surface area contributed by atoms with Gasteiger partial charge in [-0.15, -0.1) is 8.78 Å². The maximum atomic E-state index is 9.69. The highest BCUT2D eigenvalue weighted by Crippen LogP contribution is 2.05. The fourth-order valence-electron chi connectivity index (χ4n) is 0.557. The Morgan fingerprint density at radius 1 is 1.25 bits per heavy atom. The Bertz CT molecular complexity index is 220. The molecular formula is C8H8F2O2. The Morgan fingerprint density at radius 2 is 1.67 bits per heavy atom. The molecule has 0 unspecified atom stereocenters. The highest BCUT2D eigenvalue weighted by atomic mass is 19.3. The van der Waals surface area contributed by atoms with E-state index >= 15 is 0 Å². The van der Waals surface area contributed by atoms with E-state index in [1.165, 1.54) is 0 Å². The van der Waals surface area contributed by atoms with E-state index in [4.69, 9.17) is 9.53 Å². The van der Waals surface area contributed by atoms with Crippen LogP contribution < -0.4 is 4.74 Å². The molecule has 1 aromatic rings. The van der Waals surface area contributed by atoms with E-state index in [2.05, 4.69) is 0 Å². The number of hydrogen-bond donors (Lipinski definition) is 0. The molecule has 66 valence electrons. The molecule has 0 heterocycles. The monoisotopic (exact) mass is 174 g/mol. The zero-order chi connectivity index (χ0) is 9.40. The van der Waals surface area contributed by atoms with Crippen molar-refractivity contribution in [1.29, 1.82) is 0 Å². The fourth-order valence-corrected chi connectivity index (χ4v) is 0.557. The van der Waals surface area contributed by atoms with Gasteiger partial charge in [-0.1, -0.05) is 18.2 Å². The van der Waals surface area contributed by atoms with Crippen LogP contribution in [0.15, 0.2) is 30.3 Å². The van der Waals surface area contributed by atoms with Crippen LogP contribution in [0.25, 0.3) is 0 Å². The van der Waals surface area contributed by atoms with Crippen molar-refractivity contribution < 1.29 is 18.3 Å². The summed E-state index contributed by atoms with van der Waals surface area (Å²) in [6.45, 7) is 0. The van der Waals surface area contributed by atoms with Gasteiger partial charge in [-0.2, -0.15) is 0 Å². The molecule has 1 aromatic carbocycles. The van der Waals surface area contributed by atoms with Crippen molar-refractivity contribution in [3.63, 3.8) is 0 Å². The SMILES string of the molecule is COc1ccccc1.O=C(F)F. The molecule has 0 bridgehead atoms. The van der Waals surface area contributed by atoms with Crippen molar-refractivity contribution in [2.75, 3.05) is 7.11 Å². The first kappa shape index (κ1) is 10.6. The number of ether oxygens (including phenoxy) is 1. The molecule has 12 heavy (non-hydrogen) atoms. The van der Waals surface area contributed by atoms with Gasteiger partial charge in [0.2, 0.25) is 0 Å². The van der Waals surface area contributed by atoms with Crippen LogP contribution in [0, 0.1) is 0 Å². The van der Waals surface area contributed by atoms with Crippen molar-refractivity contribution in [3.05, 3.63) is 30.3 Å². The van der Waals surface area contributed by atoms with Crippen LogP contribution in [0.1, 0.15) is 0 Å². The third-order valence-corrected chi connectivity index (χ3v) is 0.979. The molecule has 0 aliphatic rings. The molecule has 0 N–H and O–H groups in total. The Morgan fingerprint density at radius 3 is 1.92 bits per heavy atom. The van der Waals surface area contributed by atoms with Gasteiger partial charge in [0.05, 0.1) is 7.11 Å². The summed E-state index contributed by atoms with van der Waals surface area (Å²) >= 11 is 0. The van der Waals surface area contributed by atoms with Gasteiger partial charge in [0, 0.05) is 0 Å². The first-order chi connectivity index (χ1) is 5.66. The van der Waals surface area contributed by atoms with Gasteiger partial charge < -0.3 is 4.74 Å². The van der Waals surface area contributed by atoms with Crippen molar-refractivity contribution in [1.82, 2.24) is 0 Å². The summed E-state index contributed by atoms with van der Waals surface area (Å²) in [6, 6.07) is 9.68. The van der Waals surface area contributed by atoms with Crippen molar-refractivity contribution in [2.24, 2.45) is 0 Å². The van der Waals surface area contributed by atoms with Crippen LogP contribution in [-0.4, -0.2) is 13.4 Å². The lowest BCUT2D eigenvalue weighted by Gasteiger charge is -1.93. The first-order valence-electron chi connectivity index (χ1n) is 3.11. The van der Waals surface area contributed by atoms with E-state index in [1.54, 1.807) is 7.11 Å². The molecule has 0 amide bonds. The average Bonchev–Trinajstić information content (AvgIpc) is 2.05. The van der Waals surface area contributed by atoms with E-state index in [0.29, 0.717) is 0 Å². The van der Waals surface area contributed by atoms with E-state index in [0.717, 1.165) is 5.75 Å². The highest BCUT2D eigenvalue weighted by molar-refractivity contribution is 5.55. The minimum atomic E-state index is -2.83. The third kappa shape index (κ3) is 6.67. The summed E-state index contributed by atoms with van der Waals surface area (Å²) in [4.78, 5) is 8.11. The number of para-hydroxylation sites is 1. The predicted molar refractivity (Wildman–Crippen MR) is 40.6 cm³/mol. The maximum Gasteiger partial charge on any atom is 0.483 e. The lowest BCUT2D eigenvalue weighted by atomic mass is 10.3. The Labute approximate surface area is 68.8 Å². The maximum absolute atomic E-state index is 9.69. The van der Waals surface area contributed by atoms with E-state index in [-0.39, 0.29) is 0 Å². The van der Waals surface area contributed by atoms with Gasteiger partial charge in [-0.3, -0.25) is 0 Å². The van der Waals surface area contributed by atoms with Crippen LogP contribution in [-0.2, 0) is 0 Å². The number of methoxy groups -OCH3 is 1. The van der Waals surface area contributed by atoms with Gasteiger partial charge in [0.15, 0.2) is 0 Å². The molecule has 4 heteroatoms. The summed E-state index contributed by atoms with van der Waals surface area (Å²) < 4.78 is 24.3. The Kier molecular flexibility index (Phi) is 5.51. The quantitative estimate of drug-likeness (QED) is 0.612. The third-order valence-electron chi connectivity index (χ3n) is 0.979. The molecule has 0 spiro atoms. The summed E-state index contributed by atoms with van der Waals surface area (Å²) in [5.41, 5.74) is 0. The summed E-state index contributed by atoms with van der Waals surface area (Å²) in [7, 11) is 1.66. The second-order valence-corrected chi connectivity index (χ2v) is 1.74. The number of benzene rings is 1. The largest absolute Gasteiger partial charge is 0.497 e. The van der Waals surface area contributed by atoms with Gasteiger partial charge in [-0.25, -0.2) is 4.79 Å². The van der Waals surface area contributed by atoms with E-state index in [9.17, 15) is 8.78 Å². The summed E-state index contributed by atoms with van der Waals surface area (Å²) in [5.74, 6) is 0.910. The van der Waals surface area contributed by atoms with Gasteiger partial charge in [0.25, 0.3) is 0 Å². The fraction of sp³-hybridized carbons (Fsp3) is 0.125. The van der Waals surface area contributed by atoms with E-state index in [1.807, 2.05) is 30.3 Å². The van der Waals surface area contributed by atoms with Crippen LogP contribution in [0.5, 0.6) is 5.75 Å². The minimum Gasteiger partial charge on any atom is -0.497 e. The van der Waals surface area contributed by atoms with Crippen molar-refractivity contribution in [2.45, 2.75) is 0 Å². The standard InChI is InChI=1S/C7H8O.CF2O/c1-8-7-5-3-2-4-6-7;2-1(3)4/h2-6H,1H3;. The van der Waals surface area contributed by atoms with Crippen molar-refractivity contribution >= 4 is 6.29 Å². The number of halogens is 2. The van der Waals surface area contributed by atoms with E-state index < -0.39 is 6.29 Å². The van der Waals surface area contributed by atoms with Gasteiger partial charge in [0.1, 0.15) is 5.75 Å². The molecule has 0 aromatic heterocycles. The predicted octanol–water partition coefficient (Wildman–Crippen LogP) is 2.74. The lowest BCUT2D eigenvalue weighted by Crippen LogP contribution is -1.78. The molecule has 0 atom stereocenters. The average molecular weight is 174 g/mol. The second-order valence-electron chi connectivity index (χ2n) is 1.74. The minimum absolute atomic E-state index is 0.910. The molecule has 1 rings (SSSR count). The number of hydrogen-bond acceptors (Lipinski definition) is 2. The van der Waals surface area contributed by atoms with Crippen LogP contribution in [0.3, 0.4) is 0 Å². The van der Waals surface area contributed by atoms with Gasteiger partial charge in [-0.05, 0) is 12.1 Å². The molecular weight excluding hydrogens is 166 g/mol. The van der Waals surface area contributed by atoms with Crippen molar-refractivity contribution in [3.8, 4) is 5.75 Å². The molecule has 0 aliphatic carbocycles. The molecule has 2 nitrogen and oxygen atoms in total. The summed E-state index contributed by atoms with van der Waals surface area (Å²) in [5, 5.41) is 0. The van der Waals surface area contributed by atoms with Crippen LogP contribution >= 0.6 is 0 Å². The zero-order valence-electron chi connectivity index (χ0n) is 6.46. The molecule has 0 aliphatic heterocycles. The molecule has 0 radical (unpaired) electrons. The second kappa shape index (κ2) is 6.27. The molecule has 0 saturated carbocycles. The Hall–Kier alpha value is -1.45. The van der Waals surface area contributed by atoms with Gasteiger partial charge >= 0.3 is 6.29 Å². The highest BCUT2D eigenvalue weighted by Gasteiger charge is 1.80. The first-order valence-corrected chi connectivity index (χ1v) is 3.11. The van der Waals surface area contributed by atoms with Crippen LogP contribution in [0.2, 0.25) is 0 Å². The number of carbonyl (C=O) groups is 1. The molecule has 0 saturated heterocycles. The number of carbonyl (C=O) groups excluding carboxylic acids is 1. The Balaban J connectivity index is 0.000000261. The normalized spacial score (nSPS) is 7.92. The van der Waals surface area contributed by atoms with Crippen LogP contribution in [0.4, 0.5) is 13.6 Å². The smallest absolute Gasteiger partial charge is 0.483 e. The zero-order valence-corrected chi connectivity index (χ0v) is 6.46. The lowest BCUT2D eigenvalue weighted by molar-refractivity contribution is 0.199.